The van der Waals surface area contributed by atoms with Crippen molar-refractivity contribution in [2.24, 2.45) is 5.92 Å². The zero-order valence-corrected chi connectivity index (χ0v) is 15.8. The van der Waals surface area contributed by atoms with Gasteiger partial charge < -0.3 is 19.7 Å². The van der Waals surface area contributed by atoms with Gasteiger partial charge in [-0.25, -0.2) is 0 Å². The summed E-state index contributed by atoms with van der Waals surface area (Å²) in [5.74, 6) is 0.527. The van der Waals surface area contributed by atoms with Crippen LogP contribution in [-0.4, -0.2) is 32.6 Å². The minimum Gasteiger partial charge on any atom is -0.497 e. The largest absolute Gasteiger partial charge is 0.497 e. The molecule has 1 fully saturated rings. The van der Waals surface area contributed by atoms with E-state index in [1.807, 2.05) is 24.3 Å². The van der Waals surface area contributed by atoms with Crippen molar-refractivity contribution in [3.63, 3.8) is 0 Å². The molecule has 0 aliphatic carbocycles. The number of anilines is 2. The van der Waals surface area contributed by atoms with Crippen molar-refractivity contribution in [2.75, 3.05) is 31.0 Å². The Morgan fingerprint density at radius 1 is 1.19 bits per heavy atom. The first-order chi connectivity index (χ1) is 13.1. The Bertz CT molecular complexity index is 850. The molecule has 0 saturated carbocycles. The van der Waals surface area contributed by atoms with Gasteiger partial charge in [0, 0.05) is 24.7 Å². The van der Waals surface area contributed by atoms with Gasteiger partial charge in [0.2, 0.25) is 11.8 Å². The van der Waals surface area contributed by atoms with E-state index in [2.05, 4.69) is 12.2 Å². The average Bonchev–Trinajstić information content (AvgIpc) is 3.09. The Morgan fingerprint density at radius 3 is 2.67 bits per heavy atom. The maximum Gasteiger partial charge on any atom is 0.229 e. The lowest BCUT2D eigenvalue weighted by Gasteiger charge is -2.20. The standard InChI is InChI=1S/C21H24N2O4/c1-4-14-7-5-6-8-18(14)23-13-15(11-20(23)24)21(25)22-17-10-9-16(26-2)12-19(17)27-3/h5-10,12,15H,4,11,13H2,1-3H3,(H,22,25)/t15-/m0/s1. The van der Waals surface area contributed by atoms with Crippen LogP contribution in [0.25, 0.3) is 0 Å². The number of methoxy groups -OCH3 is 2. The first kappa shape index (κ1) is 18.8. The molecular formula is C21H24N2O4. The van der Waals surface area contributed by atoms with E-state index in [0.29, 0.717) is 23.7 Å². The summed E-state index contributed by atoms with van der Waals surface area (Å²) in [6, 6.07) is 13.0. The highest BCUT2D eigenvalue weighted by Crippen LogP contribution is 2.32. The van der Waals surface area contributed by atoms with Crippen LogP contribution in [0.15, 0.2) is 42.5 Å². The van der Waals surface area contributed by atoms with Crippen LogP contribution in [0.2, 0.25) is 0 Å². The molecule has 1 aliphatic rings. The molecule has 6 nitrogen and oxygen atoms in total. The number of nitrogens with zero attached hydrogens (tertiary/aromatic N) is 1. The van der Waals surface area contributed by atoms with E-state index < -0.39 is 5.92 Å². The molecule has 0 spiro atoms. The Labute approximate surface area is 159 Å². The van der Waals surface area contributed by atoms with Gasteiger partial charge in [0.05, 0.1) is 25.8 Å². The van der Waals surface area contributed by atoms with Crippen LogP contribution in [0.5, 0.6) is 11.5 Å². The third-order valence-corrected chi connectivity index (χ3v) is 4.83. The zero-order valence-electron chi connectivity index (χ0n) is 15.8. The predicted octanol–water partition coefficient (Wildman–Crippen LogP) is 3.26. The maximum absolute atomic E-state index is 12.7. The van der Waals surface area contributed by atoms with Crippen LogP contribution in [0.1, 0.15) is 18.9 Å². The Kier molecular flexibility index (Phi) is 5.64. The summed E-state index contributed by atoms with van der Waals surface area (Å²) in [6.45, 7) is 2.43. The van der Waals surface area contributed by atoms with Gasteiger partial charge in [0.1, 0.15) is 11.5 Å². The van der Waals surface area contributed by atoms with E-state index >= 15 is 0 Å². The topological polar surface area (TPSA) is 67.9 Å². The maximum atomic E-state index is 12.7. The van der Waals surface area contributed by atoms with Gasteiger partial charge in [-0.15, -0.1) is 0 Å². The number of ether oxygens (including phenoxy) is 2. The molecule has 2 amide bonds. The number of carbonyl (C=O) groups is 2. The SMILES string of the molecule is CCc1ccccc1N1C[C@@H](C(=O)Nc2ccc(OC)cc2OC)CC1=O. The number of carbonyl (C=O) groups excluding carboxylic acids is 2. The van der Waals surface area contributed by atoms with Crippen LogP contribution in [0.4, 0.5) is 11.4 Å². The van der Waals surface area contributed by atoms with Crippen molar-refractivity contribution in [2.45, 2.75) is 19.8 Å². The average molecular weight is 368 g/mol. The monoisotopic (exact) mass is 368 g/mol. The van der Waals surface area contributed by atoms with Gasteiger partial charge in [-0.3, -0.25) is 9.59 Å². The van der Waals surface area contributed by atoms with Crippen molar-refractivity contribution in [3.05, 3.63) is 48.0 Å². The van der Waals surface area contributed by atoms with Gasteiger partial charge in [0.25, 0.3) is 0 Å². The predicted molar refractivity (Wildman–Crippen MR) is 104 cm³/mol. The number of benzene rings is 2. The molecule has 142 valence electrons. The van der Waals surface area contributed by atoms with Crippen LogP contribution >= 0.6 is 0 Å². The second-order valence-electron chi connectivity index (χ2n) is 6.44. The molecule has 0 radical (unpaired) electrons. The third kappa shape index (κ3) is 3.89. The van der Waals surface area contributed by atoms with Crippen LogP contribution in [0, 0.1) is 5.92 Å². The molecule has 0 aromatic heterocycles. The van der Waals surface area contributed by atoms with Crippen LogP contribution in [0.3, 0.4) is 0 Å². The summed E-state index contributed by atoms with van der Waals surface area (Å²) in [5.41, 5.74) is 2.55. The molecule has 1 N–H and O–H groups in total. The smallest absolute Gasteiger partial charge is 0.229 e. The highest BCUT2D eigenvalue weighted by molar-refractivity contribution is 6.04. The lowest BCUT2D eigenvalue weighted by Crippen LogP contribution is -2.28. The van der Waals surface area contributed by atoms with Gasteiger partial charge >= 0.3 is 0 Å². The number of amides is 2. The van der Waals surface area contributed by atoms with E-state index in [9.17, 15) is 9.59 Å². The van der Waals surface area contributed by atoms with E-state index in [0.717, 1.165) is 17.7 Å². The molecule has 2 aromatic carbocycles. The van der Waals surface area contributed by atoms with Gasteiger partial charge in [-0.05, 0) is 30.2 Å². The highest BCUT2D eigenvalue weighted by Gasteiger charge is 2.36. The summed E-state index contributed by atoms with van der Waals surface area (Å²) >= 11 is 0. The fourth-order valence-corrected chi connectivity index (χ4v) is 3.33. The minimum atomic E-state index is -0.408. The first-order valence-corrected chi connectivity index (χ1v) is 8.98. The van der Waals surface area contributed by atoms with Gasteiger partial charge in [0.15, 0.2) is 0 Å². The van der Waals surface area contributed by atoms with Crippen LogP contribution in [-0.2, 0) is 16.0 Å². The van der Waals surface area contributed by atoms with Crippen molar-refractivity contribution in [3.8, 4) is 11.5 Å². The summed E-state index contributed by atoms with van der Waals surface area (Å²) in [5, 5.41) is 2.88. The number of aryl methyl sites for hydroxylation is 1. The summed E-state index contributed by atoms with van der Waals surface area (Å²) in [7, 11) is 3.10. The molecule has 1 heterocycles. The lowest BCUT2D eigenvalue weighted by molar-refractivity contribution is -0.122. The normalized spacial score (nSPS) is 16.3. The Balaban J connectivity index is 1.75. The van der Waals surface area contributed by atoms with E-state index in [1.165, 1.54) is 7.11 Å². The molecule has 1 aliphatic heterocycles. The van der Waals surface area contributed by atoms with E-state index in [4.69, 9.17) is 9.47 Å². The molecule has 1 atom stereocenters. The second-order valence-corrected chi connectivity index (χ2v) is 6.44. The number of para-hydroxylation sites is 1. The molecule has 0 bridgehead atoms. The third-order valence-electron chi connectivity index (χ3n) is 4.83. The van der Waals surface area contributed by atoms with Crippen LogP contribution < -0.4 is 19.7 Å². The first-order valence-electron chi connectivity index (χ1n) is 8.98. The number of nitrogens with one attached hydrogen (secondary N) is 1. The quantitative estimate of drug-likeness (QED) is 0.850. The summed E-state index contributed by atoms with van der Waals surface area (Å²) < 4.78 is 10.5. The summed E-state index contributed by atoms with van der Waals surface area (Å²) in [6.07, 6.45) is 1.03. The van der Waals surface area contributed by atoms with E-state index in [-0.39, 0.29) is 18.2 Å². The van der Waals surface area contributed by atoms with Crippen molar-refractivity contribution in [1.29, 1.82) is 0 Å². The lowest BCUT2D eigenvalue weighted by atomic mass is 10.1. The number of hydrogen-bond donors (Lipinski definition) is 1. The molecule has 2 aromatic rings. The molecule has 27 heavy (non-hydrogen) atoms. The molecule has 6 heteroatoms. The molecule has 1 saturated heterocycles. The molecule has 3 rings (SSSR count). The fourth-order valence-electron chi connectivity index (χ4n) is 3.33. The highest BCUT2D eigenvalue weighted by atomic mass is 16.5. The summed E-state index contributed by atoms with van der Waals surface area (Å²) in [4.78, 5) is 27.0. The number of hydrogen-bond acceptors (Lipinski definition) is 4. The number of rotatable bonds is 6. The van der Waals surface area contributed by atoms with E-state index in [1.54, 1.807) is 30.2 Å². The van der Waals surface area contributed by atoms with Gasteiger partial charge in [-0.2, -0.15) is 0 Å². The van der Waals surface area contributed by atoms with Crippen molar-refractivity contribution in [1.82, 2.24) is 0 Å². The minimum absolute atomic E-state index is 0.0299. The molecule has 0 unspecified atom stereocenters. The van der Waals surface area contributed by atoms with Crippen molar-refractivity contribution < 1.29 is 19.1 Å². The zero-order chi connectivity index (χ0) is 19.4. The fraction of sp³-hybridized carbons (Fsp3) is 0.333. The Morgan fingerprint density at radius 2 is 1.96 bits per heavy atom. The van der Waals surface area contributed by atoms with Gasteiger partial charge in [-0.1, -0.05) is 25.1 Å². The second kappa shape index (κ2) is 8.12. The van der Waals surface area contributed by atoms with Crippen molar-refractivity contribution >= 4 is 23.2 Å². The molecular weight excluding hydrogens is 344 g/mol. The Hall–Kier alpha value is -3.02.